The van der Waals surface area contributed by atoms with Gasteiger partial charge in [-0.1, -0.05) is 42.5 Å². The van der Waals surface area contributed by atoms with Gasteiger partial charge in [0.05, 0.1) is 16.9 Å². The van der Waals surface area contributed by atoms with E-state index in [1.54, 1.807) is 0 Å². The van der Waals surface area contributed by atoms with E-state index in [4.69, 9.17) is 0 Å². The topological polar surface area (TPSA) is 46.1 Å². The number of aryl methyl sites for hydroxylation is 1. The van der Waals surface area contributed by atoms with Crippen molar-refractivity contribution in [1.29, 1.82) is 0 Å². The van der Waals surface area contributed by atoms with Gasteiger partial charge in [0, 0.05) is 18.0 Å². The molecule has 0 atom stereocenters. The lowest BCUT2D eigenvalue weighted by molar-refractivity contribution is 0.0942. The molecule has 4 heteroatoms. The van der Waals surface area contributed by atoms with Crippen molar-refractivity contribution < 1.29 is 4.79 Å². The fraction of sp³-hybridized carbons (Fsp3) is 0.0952. The standard InChI is InChI=1S/C21H19N3O/c25-21(18-11-3-4-13-20(18)24-14-5-6-15-24)23-22-19-12-7-9-16-8-1-2-10-17(16)19/h1-6,8,10-15,22H,7,9H2,(H,23,25). The molecule has 0 fully saturated rings. The molecule has 0 aliphatic heterocycles. The molecule has 2 aromatic carbocycles. The number of hydrogen-bond acceptors (Lipinski definition) is 2. The van der Waals surface area contributed by atoms with E-state index >= 15 is 0 Å². The molecule has 2 N–H and O–H groups in total. The third-order valence-corrected chi connectivity index (χ3v) is 4.41. The highest BCUT2D eigenvalue weighted by Gasteiger charge is 2.15. The summed E-state index contributed by atoms with van der Waals surface area (Å²) in [5.74, 6) is -0.159. The summed E-state index contributed by atoms with van der Waals surface area (Å²) in [6, 6.07) is 19.7. The summed E-state index contributed by atoms with van der Waals surface area (Å²) in [7, 11) is 0. The first-order chi connectivity index (χ1) is 12.3. The molecule has 1 aliphatic rings. The molecule has 1 aliphatic carbocycles. The molecular weight excluding hydrogens is 310 g/mol. The molecule has 4 rings (SSSR count). The van der Waals surface area contributed by atoms with Crippen molar-refractivity contribution in [1.82, 2.24) is 15.4 Å². The van der Waals surface area contributed by atoms with Gasteiger partial charge in [-0.15, -0.1) is 0 Å². The minimum Gasteiger partial charge on any atom is -0.323 e. The monoisotopic (exact) mass is 329 g/mol. The fourth-order valence-corrected chi connectivity index (χ4v) is 3.18. The number of hydrogen-bond donors (Lipinski definition) is 2. The quantitative estimate of drug-likeness (QED) is 0.717. The number of amides is 1. The van der Waals surface area contributed by atoms with Crippen LogP contribution in [0.15, 0.2) is 79.1 Å². The molecule has 1 heterocycles. The third-order valence-electron chi connectivity index (χ3n) is 4.41. The maximum absolute atomic E-state index is 12.7. The number of para-hydroxylation sites is 1. The molecule has 0 saturated heterocycles. The summed E-state index contributed by atoms with van der Waals surface area (Å²) < 4.78 is 1.93. The zero-order valence-corrected chi connectivity index (χ0v) is 13.8. The maximum atomic E-state index is 12.7. The second-order valence-electron chi connectivity index (χ2n) is 6.00. The first-order valence-corrected chi connectivity index (χ1v) is 8.40. The normalized spacial score (nSPS) is 12.9. The minimum absolute atomic E-state index is 0.159. The van der Waals surface area contributed by atoms with E-state index in [-0.39, 0.29) is 5.91 Å². The molecule has 4 nitrogen and oxygen atoms in total. The highest BCUT2D eigenvalue weighted by atomic mass is 16.2. The Bertz CT molecular complexity index is 926. The van der Waals surface area contributed by atoms with E-state index in [1.165, 1.54) is 5.56 Å². The summed E-state index contributed by atoms with van der Waals surface area (Å²) >= 11 is 0. The van der Waals surface area contributed by atoms with Gasteiger partial charge in [0.15, 0.2) is 0 Å². The predicted molar refractivity (Wildman–Crippen MR) is 99.1 cm³/mol. The summed E-state index contributed by atoms with van der Waals surface area (Å²) in [5.41, 5.74) is 10.8. The molecule has 0 radical (unpaired) electrons. The van der Waals surface area contributed by atoms with Crippen molar-refractivity contribution in [2.45, 2.75) is 12.8 Å². The molecule has 1 amide bonds. The smallest absolute Gasteiger partial charge is 0.271 e. The SMILES string of the molecule is O=C(NNC1=CCCc2ccccc21)c1ccccc1-n1cccc1. The number of hydrazine groups is 1. The average Bonchev–Trinajstić information content (AvgIpc) is 3.21. The Morgan fingerprint density at radius 2 is 1.68 bits per heavy atom. The van der Waals surface area contributed by atoms with Crippen molar-refractivity contribution in [2.24, 2.45) is 0 Å². The van der Waals surface area contributed by atoms with E-state index in [9.17, 15) is 4.79 Å². The molecule has 0 unspecified atom stereocenters. The van der Waals surface area contributed by atoms with E-state index in [0.29, 0.717) is 5.56 Å². The molecule has 0 spiro atoms. The number of rotatable bonds is 4. The zero-order chi connectivity index (χ0) is 17.1. The van der Waals surface area contributed by atoms with E-state index in [0.717, 1.165) is 29.8 Å². The van der Waals surface area contributed by atoms with Crippen molar-refractivity contribution in [2.75, 3.05) is 0 Å². The number of carbonyl (C=O) groups excluding carboxylic acids is 1. The largest absolute Gasteiger partial charge is 0.323 e. The summed E-state index contributed by atoms with van der Waals surface area (Å²) in [6.45, 7) is 0. The highest BCUT2D eigenvalue weighted by molar-refractivity contribution is 5.98. The summed E-state index contributed by atoms with van der Waals surface area (Å²) in [5, 5.41) is 0. The van der Waals surface area contributed by atoms with Crippen LogP contribution < -0.4 is 10.9 Å². The number of fused-ring (bicyclic) bond motifs is 1. The van der Waals surface area contributed by atoms with Crippen LogP contribution >= 0.6 is 0 Å². The van der Waals surface area contributed by atoms with Crippen LogP contribution in [-0.2, 0) is 6.42 Å². The van der Waals surface area contributed by atoms with Gasteiger partial charge in [-0.25, -0.2) is 0 Å². The lowest BCUT2D eigenvalue weighted by Crippen LogP contribution is -2.37. The van der Waals surface area contributed by atoms with Crippen molar-refractivity contribution in [3.63, 3.8) is 0 Å². The Balaban J connectivity index is 1.54. The Kier molecular flexibility index (Phi) is 4.09. The summed E-state index contributed by atoms with van der Waals surface area (Å²) in [4.78, 5) is 12.7. The van der Waals surface area contributed by atoms with Crippen LogP contribution in [0.1, 0.15) is 27.9 Å². The van der Waals surface area contributed by atoms with Crippen molar-refractivity contribution in [3.05, 3.63) is 95.8 Å². The van der Waals surface area contributed by atoms with Crippen LogP contribution in [0.4, 0.5) is 0 Å². The molecule has 0 saturated carbocycles. The first kappa shape index (κ1) is 15.3. The first-order valence-electron chi connectivity index (χ1n) is 8.40. The van der Waals surface area contributed by atoms with Crippen molar-refractivity contribution in [3.8, 4) is 5.69 Å². The van der Waals surface area contributed by atoms with Crippen LogP contribution in [0.2, 0.25) is 0 Å². The average molecular weight is 329 g/mol. The van der Waals surface area contributed by atoms with Crippen LogP contribution in [0.3, 0.4) is 0 Å². The highest BCUT2D eigenvalue weighted by Crippen LogP contribution is 2.23. The molecule has 25 heavy (non-hydrogen) atoms. The minimum atomic E-state index is -0.159. The van der Waals surface area contributed by atoms with Gasteiger partial charge in [-0.3, -0.25) is 15.6 Å². The van der Waals surface area contributed by atoms with E-state index in [2.05, 4.69) is 29.1 Å². The number of nitrogens with zero attached hydrogens (tertiary/aromatic N) is 1. The van der Waals surface area contributed by atoms with E-state index in [1.807, 2.05) is 65.5 Å². The van der Waals surface area contributed by atoms with E-state index < -0.39 is 0 Å². The summed E-state index contributed by atoms with van der Waals surface area (Å²) in [6.07, 6.45) is 7.99. The van der Waals surface area contributed by atoms with Crippen LogP contribution in [-0.4, -0.2) is 10.5 Å². The Morgan fingerprint density at radius 1 is 0.920 bits per heavy atom. The van der Waals surface area contributed by atoms with Crippen molar-refractivity contribution >= 4 is 11.6 Å². The molecule has 3 aromatic rings. The van der Waals surface area contributed by atoms with Gasteiger partial charge in [-0.05, 0) is 42.7 Å². The lowest BCUT2D eigenvalue weighted by atomic mass is 9.95. The Morgan fingerprint density at radius 3 is 2.56 bits per heavy atom. The fourth-order valence-electron chi connectivity index (χ4n) is 3.18. The predicted octanol–water partition coefficient (Wildman–Crippen LogP) is 3.70. The van der Waals surface area contributed by atoms with Gasteiger partial charge in [0.25, 0.3) is 5.91 Å². The van der Waals surface area contributed by atoms with Crippen LogP contribution in [0, 0.1) is 0 Å². The van der Waals surface area contributed by atoms with Gasteiger partial charge in [0.2, 0.25) is 0 Å². The molecule has 0 bridgehead atoms. The van der Waals surface area contributed by atoms with Gasteiger partial charge < -0.3 is 4.57 Å². The molecule has 124 valence electrons. The van der Waals surface area contributed by atoms with Gasteiger partial charge in [0.1, 0.15) is 0 Å². The number of benzene rings is 2. The molecular formula is C21H19N3O. The maximum Gasteiger partial charge on any atom is 0.271 e. The second-order valence-corrected chi connectivity index (χ2v) is 6.00. The molecule has 1 aromatic heterocycles. The Hall–Kier alpha value is -3.27. The number of allylic oxidation sites excluding steroid dienone is 1. The number of carbonyl (C=O) groups is 1. The van der Waals surface area contributed by atoms with Crippen LogP contribution in [0.25, 0.3) is 11.4 Å². The van der Waals surface area contributed by atoms with Gasteiger partial charge >= 0.3 is 0 Å². The van der Waals surface area contributed by atoms with Gasteiger partial charge in [-0.2, -0.15) is 0 Å². The Labute approximate surface area is 146 Å². The third kappa shape index (κ3) is 3.06. The number of aromatic nitrogens is 1. The van der Waals surface area contributed by atoms with Crippen LogP contribution in [0.5, 0.6) is 0 Å². The zero-order valence-electron chi connectivity index (χ0n) is 13.8. The second kappa shape index (κ2) is 6.69. The number of nitrogens with one attached hydrogen (secondary N) is 2. The lowest BCUT2D eigenvalue weighted by Gasteiger charge is -2.20.